The highest BCUT2D eigenvalue weighted by Gasteiger charge is 2.51. The average molecular weight is 480 g/mol. The fraction of sp³-hybridized carbons (Fsp3) is 0.727. The van der Waals surface area contributed by atoms with E-state index in [-0.39, 0.29) is 30.5 Å². The molecule has 1 fully saturated rings. The Morgan fingerprint density at radius 2 is 1.88 bits per heavy atom. The van der Waals surface area contributed by atoms with Gasteiger partial charge in [-0.1, -0.05) is 17.7 Å². The molecular formula is C22H33ClF3N3O3. The third-order valence-corrected chi connectivity index (χ3v) is 4.99. The monoisotopic (exact) mass is 479 g/mol. The summed E-state index contributed by atoms with van der Waals surface area (Å²) < 4.78 is 53.9. The Morgan fingerprint density at radius 1 is 1.22 bits per heavy atom. The Hall–Kier alpha value is -1.58. The molecule has 1 saturated heterocycles. The summed E-state index contributed by atoms with van der Waals surface area (Å²) in [5.74, 6) is 0. The molecule has 6 nitrogen and oxygen atoms in total. The first-order valence-corrected chi connectivity index (χ1v) is 11.0. The Bertz CT molecular complexity index is 778. The van der Waals surface area contributed by atoms with Crippen LogP contribution in [0.25, 0.3) is 0 Å². The maximum Gasteiger partial charge on any atom is 0.411 e. The molecule has 182 valence electrons. The summed E-state index contributed by atoms with van der Waals surface area (Å²) in [6.07, 6.45) is -5.23. The average Bonchev–Trinajstić information content (AvgIpc) is 3.03. The van der Waals surface area contributed by atoms with Crippen LogP contribution in [0, 0.1) is 0 Å². The summed E-state index contributed by atoms with van der Waals surface area (Å²) in [6, 6.07) is 2.18. The van der Waals surface area contributed by atoms with Crippen LogP contribution in [0.5, 0.6) is 0 Å². The summed E-state index contributed by atoms with van der Waals surface area (Å²) in [6.45, 7) is 11.2. The van der Waals surface area contributed by atoms with Gasteiger partial charge in [0.2, 0.25) is 0 Å². The minimum atomic E-state index is -4.61. The van der Waals surface area contributed by atoms with Gasteiger partial charge in [0.15, 0.2) is 6.04 Å². The molecule has 2 heterocycles. The second kappa shape index (κ2) is 10.1. The molecule has 0 bridgehead atoms. The second-order valence-electron chi connectivity index (χ2n) is 9.82. The van der Waals surface area contributed by atoms with Crippen molar-refractivity contribution in [3.63, 3.8) is 0 Å². The zero-order chi connectivity index (χ0) is 24.3. The molecule has 0 aliphatic carbocycles. The van der Waals surface area contributed by atoms with Gasteiger partial charge in [0.25, 0.3) is 0 Å². The minimum Gasteiger partial charge on any atom is -0.444 e. The van der Waals surface area contributed by atoms with E-state index in [0.717, 1.165) is 0 Å². The van der Waals surface area contributed by atoms with Gasteiger partial charge in [0.05, 0.1) is 24.1 Å². The van der Waals surface area contributed by atoms with Crippen molar-refractivity contribution in [2.75, 3.05) is 19.7 Å². The lowest BCUT2D eigenvalue weighted by Gasteiger charge is -2.40. The van der Waals surface area contributed by atoms with E-state index < -0.39 is 35.7 Å². The van der Waals surface area contributed by atoms with Gasteiger partial charge < -0.3 is 9.47 Å². The van der Waals surface area contributed by atoms with Crippen LogP contribution < -0.4 is 0 Å². The Kier molecular flexibility index (Phi) is 8.45. The molecule has 10 heteroatoms. The van der Waals surface area contributed by atoms with E-state index in [2.05, 4.69) is 4.98 Å². The molecular weight excluding hydrogens is 447 g/mol. The van der Waals surface area contributed by atoms with Crippen LogP contribution in [0.15, 0.2) is 18.2 Å². The van der Waals surface area contributed by atoms with Crippen molar-refractivity contribution in [2.24, 2.45) is 0 Å². The third-order valence-electron chi connectivity index (χ3n) is 4.77. The lowest BCUT2D eigenvalue weighted by atomic mass is 10.1. The largest absolute Gasteiger partial charge is 0.444 e. The number of ether oxygens (including phenoxy) is 2. The highest BCUT2D eigenvalue weighted by atomic mass is 35.5. The van der Waals surface area contributed by atoms with E-state index in [4.69, 9.17) is 21.1 Å². The molecule has 0 N–H and O–H groups in total. The maximum atomic E-state index is 14.2. The van der Waals surface area contributed by atoms with Gasteiger partial charge in [-0.3, -0.25) is 9.80 Å². The zero-order valence-corrected chi connectivity index (χ0v) is 20.3. The minimum absolute atomic E-state index is 0.0185. The van der Waals surface area contributed by atoms with Crippen LogP contribution in [-0.2, 0) is 9.47 Å². The van der Waals surface area contributed by atoms with Crippen molar-refractivity contribution in [3.8, 4) is 0 Å². The topological polar surface area (TPSA) is 54.9 Å². The normalized spacial score (nSPS) is 19.1. The van der Waals surface area contributed by atoms with Crippen molar-refractivity contribution >= 4 is 17.7 Å². The molecule has 1 amide bonds. The van der Waals surface area contributed by atoms with Crippen LogP contribution in [-0.4, -0.2) is 64.1 Å². The maximum absolute atomic E-state index is 14.2. The highest BCUT2D eigenvalue weighted by Crippen LogP contribution is 2.42. The number of pyridine rings is 1. The summed E-state index contributed by atoms with van der Waals surface area (Å²) in [5.41, 5.74) is -1.44. The standard InChI is InChI=1S/C22H33ClF3N3O3/c1-20(2,3)31-14-13-29(19(30)32-21(4,5)6)17-11-8-12-28(17)18(22(24,25)26)15-9-7-10-16(23)27-15/h7,9-10,17-18H,8,11-14H2,1-6H3/t17-,18+/m0/s1. The van der Waals surface area contributed by atoms with Crippen LogP contribution in [0.1, 0.15) is 66.1 Å². The van der Waals surface area contributed by atoms with Crippen LogP contribution in [0.2, 0.25) is 5.15 Å². The smallest absolute Gasteiger partial charge is 0.411 e. The van der Waals surface area contributed by atoms with Crippen molar-refractivity contribution in [1.29, 1.82) is 0 Å². The molecule has 1 aliphatic heterocycles. The highest BCUT2D eigenvalue weighted by molar-refractivity contribution is 6.29. The molecule has 0 unspecified atom stereocenters. The number of likely N-dealkylation sites (tertiary alicyclic amines) is 1. The molecule has 1 aromatic heterocycles. The van der Waals surface area contributed by atoms with Gasteiger partial charge in [0.1, 0.15) is 10.8 Å². The van der Waals surface area contributed by atoms with Crippen LogP contribution in [0.3, 0.4) is 0 Å². The van der Waals surface area contributed by atoms with Crippen molar-refractivity contribution in [3.05, 3.63) is 29.0 Å². The molecule has 2 atom stereocenters. The number of hydrogen-bond donors (Lipinski definition) is 0. The first-order chi connectivity index (χ1) is 14.6. The molecule has 0 saturated carbocycles. The molecule has 32 heavy (non-hydrogen) atoms. The lowest BCUT2D eigenvalue weighted by molar-refractivity contribution is -0.197. The summed E-state index contributed by atoms with van der Waals surface area (Å²) in [4.78, 5) is 19.5. The van der Waals surface area contributed by atoms with E-state index in [1.165, 1.54) is 28.0 Å². The van der Waals surface area contributed by atoms with Gasteiger partial charge in [-0.2, -0.15) is 13.2 Å². The fourth-order valence-electron chi connectivity index (χ4n) is 3.64. The molecule has 1 aromatic rings. The van der Waals surface area contributed by atoms with Gasteiger partial charge in [-0.15, -0.1) is 0 Å². The van der Waals surface area contributed by atoms with E-state index in [1.807, 2.05) is 20.8 Å². The van der Waals surface area contributed by atoms with Crippen LogP contribution in [0.4, 0.5) is 18.0 Å². The predicted octanol–water partition coefficient (Wildman–Crippen LogP) is 5.81. The SMILES string of the molecule is CC(C)(C)OCCN(C(=O)OC(C)(C)C)[C@H]1CCCN1[C@H](c1cccc(Cl)n1)C(F)(F)F. The summed E-state index contributed by atoms with van der Waals surface area (Å²) in [7, 11) is 0. The number of alkyl halides is 3. The number of carbonyl (C=O) groups is 1. The van der Waals surface area contributed by atoms with Crippen molar-refractivity contribution < 1.29 is 27.4 Å². The number of halogens is 4. The van der Waals surface area contributed by atoms with E-state index >= 15 is 0 Å². The fourth-order valence-corrected chi connectivity index (χ4v) is 3.81. The quantitative estimate of drug-likeness (QED) is 0.482. The zero-order valence-electron chi connectivity index (χ0n) is 19.5. The lowest BCUT2D eigenvalue weighted by Crippen LogP contribution is -2.53. The predicted molar refractivity (Wildman–Crippen MR) is 116 cm³/mol. The van der Waals surface area contributed by atoms with Crippen LogP contribution >= 0.6 is 11.6 Å². The first kappa shape index (κ1) is 26.7. The molecule has 0 radical (unpaired) electrons. The Morgan fingerprint density at radius 3 is 2.41 bits per heavy atom. The summed E-state index contributed by atoms with van der Waals surface area (Å²) >= 11 is 5.88. The number of nitrogens with zero attached hydrogens (tertiary/aromatic N) is 3. The number of rotatable bonds is 6. The van der Waals surface area contributed by atoms with Gasteiger partial charge >= 0.3 is 12.3 Å². The van der Waals surface area contributed by atoms with E-state index in [1.54, 1.807) is 20.8 Å². The Labute approximate surface area is 193 Å². The van der Waals surface area contributed by atoms with E-state index in [0.29, 0.717) is 12.8 Å². The van der Waals surface area contributed by atoms with Gasteiger partial charge in [-0.05, 0) is 66.5 Å². The van der Waals surface area contributed by atoms with Crippen molar-refractivity contribution in [1.82, 2.24) is 14.8 Å². The molecule has 0 spiro atoms. The molecule has 0 aromatic carbocycles. The van der Waals surface area contributed by atoms with Crippen molar-refractivity contribution in [2.45, 2.75) is 84.0 Å². The second-order valence-corrected chi connectivity index (χ2v) is 10.2. The number of aromatic nitrogens is 1. The number of hydrogen-bond acceptors (Lipinski definition) is 5. The Balaban J connectivity index is 2.38. The van der Waals surface area contributed by atoms with Gasteiger partial charge in [-0.25, -0.2) is 9.78 Å². The van der Waals surface area contributed by atoms with E-state index in [9.17, 15) is 18.0 Å². The van der Waals surface area contributed by atoms with Gasteiger partial charge in [0, 0.05) is 13.1 Å². The number of amides is 1. The first-order valence-electron chi connectivity index (χ1n) is 10.7. The third kappa shape index (κ3) is 7.78. The number of carbonyl (C=O) groups excluding carboxylic acids is 1. The summed E-state index contributed by atoms with van der Waals surface area (Å²) in [5, 5.41) is -0.0185. The molecule has 1 aliphatic rings. The molecule has 2 rings (SSSR count).